The van der Waals surface area contributed by atoms with Gasteiger partial charge < -0.3 is 10.6 Å². The van der Waals surface area contributed by atoms with E-state index in [1.165, 1.54) is 18.3 Å². The molecule has 1 aromatic heterocycles. The molecule has 0 radical (unpaired) electrons. The maximum atomic E-state index is 12.6. The van der Waals surface area contributed by atoms with Gasteiger partial charge in [0.05, 0.1) is 17.4 Å². The second-order valence-electron chi connectivity index (χ2n) is 5.80. The van der Waals surface area contributed by atoms with Crippen LogP contribution in [0.5, 0.6) is 0 Å². The van der Waals surface area contributed by atoms with Gasteiger partial charge >= 0.3 is 6.18 Å². The Morgan fingerprint density at radius 1 is 0.889 bits per heavy atom. The van der Waals surface area contributed by atoms with Gasteiger partial charge in [-0.25, -0.2) is 4.98 Å². The Bertz CT molecular complexity index is 893. The van der Waals surface area contributed by atoms with E-state index in [0.717, 1.165) is 17.7 Å². The Hall–Kier alpha value is -3.35. The van der Waals surface area contributed by atoms with Crippen molar-refractivity contribution in [2.24, 2.45) is 0 Å². The normalized spacial score (nSPS) is 11.1. The fraction of sp³-hybridized carbons (Fsp3) is 0.100. The molecule has 0 aliphatic rings. The van der Waals surface area contributed by atoms with Crippen molar-refractivity contribution >= 4 is 17.3 Å². The van der Waals surface area contributed by atoms with Gasteiger partial charge in [0.25, 0.3) is 5.91 Å². The molecule has 0 saturated carbocycles. The summed E-state index contributed by atoms with van der Waals surface area (Å²) >= 11 is 0. The number of anilines is 2. The predicted octanol–water partition coefficient (Wildman–Crippen LogP) is 4.77. The van der Waals surface area contributed by atoms with Crippen molar-refractivity contribution < 1.29 is 18.0 Å². The summed E-state index contributed by atoms with van der Waals surface area (Å²) in [4.78, 5) is 16.2. The number of pyridine rings is 1. The van der Waals surface area contributed by atoms with E-state index < -0.39 is 11.7 Å². The van der Waals surface area contributed by atoms with E-state index in [2.05, 4.69) is 15.6 Å². The van der Waals surface area contributed by atoms with Crippen LogP contribution in [0, 0.1) is 0 Å². The van der Waals surface area contributed by atoms with Gasteiger partial charge in [0, 0.05) is 12.2 Å². The van der Waals surface area contributed by atoms with Crippen LogP contribution >= 0.6 is 0 Å². The number of halogens is 3. The summed E-state index contributed by atoms with van der Waals surface area (Å²) in [6.07, 6.45) is -2.91. The van der Waals surface area contributed by atoms with E-state index in [-0.39, 0.29) is 11.6 Å². The molecule has 4 nitrogen and oxygen atoms in total. The summed E-state index contributed by atoms with van der Waals surface area (Å²) in [7, 11) is 0. The van der Waals surface area contributed by atoms with E-state index in [1.54, 1.807) is 12.1 Å². The van der Waals surface area contributed by atoms with Crippen molar-refractivity contribution in [3.05, 3.63) is 89.7 Å². The minimum absolute atomic E-state index is 0.254. The molecule has 0 saturated heterocycles. The number of rotatable bonds is 5. The lowest BCUT2D eigenvalue weighted by Crippen LogP contribution is -2.23. The number of carbonyl (C=O) groups is 1. The predicted molar refractivity (Wildman–Crippen MR) is 96.6 cm³/mol. The largest absolute Gasteiger partial charge is 0.416 e. The Labute approximate surface area is 154 Å². The van der Waals surface area contributed by atoms with Crippen LogP contribution in [0.1, 0.15) is 21.6 Å². The highest BCUT2D eigenvalue weighted by atomic mass is 19.4. The van der Waals surface area contributed by atoms with E-state index in [9.17, 15) is 18.0 Å². The van der Waals surface area contributed by atoms with Gasteiger partial charge in [-0.3, -0.25) is 4.79 Å². The lowest BCUT2D eigenvalue weighted by Gasteiger charge is -2.10. The maximum Gasteiger partial charge on any atom is 0.416 e. The minimum Gasteiger partial charge on any atom is -0.354 e. The summed E-state index contributed by atoms with van der Waals surface area (Å²) in [5.74, 6) is -0.306. The molecule has 3 rings (SSSR count). The molecule has 0 spiro atoms. The lowest BCUT2D eigenvalue weighted by atomic mass is 10.2. The molecule has 0 aliphatic heterocycles. The number of benzene rings is 2. The van der Waals surface area contributed by atoms with Crippen LogP contribution in [0.4, 0.5) is 24.5 Å². The molecular weight excluding hydrogens is 355 g/mol. The summed E-state index contributed by atoms with van der Waals surface area (Å²) in [5.41, 5.74) is 1.58. The summed E-state index contributed by atoms with van der Waals surface area (Å²) in [6.45, 7) is 0.396. The first kappa shape index (κ1) is 18.4. The van der Waals surface area contributed by atoms with Gasteiger partial charge in [0.2, 0.25) is 0 Å². The van der Waals surface area contributed by atoms with Crippen LogP contribution in [-0.2, 0) is 12.7 Å². The van der Waals surface area contributed by atoms with Crippen LogP contribution in [0.15, 0.2) is 72.9 Å². The van der Waals surface area contributed by atoms with Gasteiger partial charge in [-0.1, -0.05) is 30.3 Å². The monoisotopic (exact) mass is 371 g/mol. The Balaban J connectivity index is 1.59. The highest BCUT2D eigenvalue weighted by Gasteiger charge is 2.29. The van der Waals surface area contributed by atoms with Crippen molar-refractivity contribution in [2.75, 3.05) is 5.32 Å². The number of amides is 1. The highest BCUT2D eigenvalue weighted by molar-refractivity contribution is 5.92. The molecule has 27 heavy (non-hydrogen) atoms. The fourth-order valence-corrected chi connectivity index (χ4v) is 2.38. The molecule has 3 aromatic rings. The van der Waals surface area contributed by atoms with Crippen molar-refractivity contribution in [3.63, 3.8) is 0 Å². The molecule has 138 valence electrons. The van der Waals surface area contributed by atoms with Crippen molar-refractivity contribution in [3.8, 4) is 0 Å². The topological polar surface area (TPSA) is 54.0 Å². The molecule has 0 unspecified atom stereocenters. The summed E-state index contributed by atoms with van der Waals surface area (Å²) in [5, 5.41) is 5.72. The van der Waals surface area contributed by atoms with Crippen LogP contribution in [0.25, 0.3) is 0 Å². The third-order valence-electron chi connectivity index (χ3n) is 3.79. The van der Waals surface area contributed by atoms with Gasteiger partial charge in [0.1, 0.15) is 5.69 Å². The minimum atomic E-state index is -4.37. The molecule has 0 atom stereocenters. The van der Waals surface area contributed by atoms with Gasteiger partial charge in [-0.05, 0) is 42.0 Å². The molecule has 1 heterocycles. The number of nitrogens with one attached hydrogen (secondary N) is 2. The number of hydrogen-bond acceptors (Lipinski definition) is 3. The van der Waals surface area contributed by atoms with E-state index in [4.69, 9.17) is 0 Å². The zero-order valence-electron chi connectivity index (χ0n) is 14.1. The first-order chi connectivity index (χ1) is 12.9. The highest BCUT2D eigenvalue weighted by Crippen LogP contribution is 2.30. The number of hydrogen-bond donors (Lipinski definition) is 2. The average Bonchev–Trinajstić information content (AvgIpc) is 2.67. The van der Waals surface area contributed by atoms with E-state index >= 15 is 0 Å². The smallest absolute Gasteiger partial charge is 0.354 e. The first-order valence-electron chi connectivity index (χ1n) is 8.14. The second kappa shape index (κ2) is 7.90. The molecule has 0 aliphatic carbocycles. The second-order valence-corrected chi connectivity index (χ2v) is 5.80. The summed E-state index contributed by atoms with van der Waals surface area (Å²) < 4.78 is 37.7. The number of nitrogens with zero attached hydrogens (tertiary/aromatic N) is 1. The SMILES string of the molecule is O=C(NCc1ccccc1)c1ccc(Nc2ccc(C(F)(F)F)cc2)cn1. The van der Waals surface area contributed by atoms with Gasteiger partial charge in [-0.15, -0.1) is 0 Å². The molecule has 2 aromatic carbocycles. The molecular formula is C20H16F3N3O. The molecule has 0 bridgehead atoms. The quantitative estimate of drug-likeness (QED) is 0.679. The van der Waals surface area contributed by atoms with Crippen molar-refractivity contribution in [1.82, 2.24) is 10.3 Å². The van der Waals surface area contributed by atoms with Crippen LogP contribution in [0.3, 0.4) is 0 Å². The molecule has 7 heteroatoms. The Morgan fingerprint density at radius 3 is 2.15 bits per heavy atom. The van der Waals surface area contributed by atoms with Crippen LogP contribution in [0.2, 0.25) is 0 Å². The van der Waals surface area contributed by atoms with Crippen molar-refractivity contribution in [2.45, 2.75) is 12.7 Å². The molecule has 0 fully saturated rings. The van der Waals surface area contributed by atoms with E-state index in [0.29, 0.717) is 17.9 Å². The number of alkyl halides is 3. The van der Waals surface area contributed by atoms with Crippen molar-refractivity contribution in [1.29, 1.82) is 0 Å². The van der Waals surface area contributed by atoms with E-state index in [1.807, 2.05) is 30.3 Å². The maximum absolute atomic E-state index is 12.6. The zero-order valence-corrected chi connectivity index (χ0v) is 14.1. The fourth-order valence-electron chi connectivity index (χ4n) is 2.38. The third-order valence-corrected chi connectivity index (χ3v) is 3.79. The summed E-state index contributed by atoms with van der Waals surface area (Å²) in [6, 6.07) is 17.4. The standard InChI is InChI=1S/C20H16F3N3O/c21-20(22,23)15-6-8-16(9-7-15)26-17-10-11-18(24-13-17)19(27)25-12-14-4-2-1-3-5-14/h1-11,13,26H,12H2,(H,25,27). The Morgan fingerprint density at radius 2 is 1.56 bits per heavy atom. The lowest BCUT2D eigenvalue weighted by molar-refractivity contribution is -0.137. The Kier molecular flexibility index (Phi) is 5.40. The first-order valence-corrected chi connectivity index (χ1v) is 8.14. The van der Waals surface area contributed by atoms with Crippen LogP contribution in [-0.4, -0.2) is 10.9 Å². The molecule has 2 N–H and O–H groups in total. The third kappa shape index (κ3) is 5.07. The zero-order chi connectivity index (χ0) is 19.3. The van der Waals surface area contributed by atoms with Crippen LogP contribution < -0.4 is 10.6 Å². The molecule has 1 amide bonds. The number of aromatic nitrogens is 1. The van der Waals surface area contributed by atoms with Gasteiger partial charge in [0.15, 0.2) is 0 Å². The average molecular weight is 371 g/mol. The number of carbonyl (C=O) groups excluding carboxylic acids is 1. The van der Waals surface area contributed by atoms with Gasteiger partial charge in [-0.2, -0.15) is 13.2 Å².